The molecule has 4 amide bonds. The fourth-order valence-electron chi connectivity index (χ4n) is 5.53. The van der Waals surface area contributed by atoms with Gasteiger partial charge >= 0.3 is 0 Å². The summed E-state index contributed by atoms with van der Waals surface area (Å²) in [5.74, 6) is -1.07. The molecule has 1 saturated heterocycles. The van der Waals surface area contributed by atoms with Crippen LogP contribution >= 0.6 is 0 Å². The molecule has 1 aliphatic heterocycles. The fourth-order valence-corrected chi connectivity index (χ4v) is 5.53. The molecular formula is C29H37N5O5. The van der Waals surface area contributed by atoms with Crippen LogP contribution in [-0.2, 0) is 32.4 Å². The number of nitrogens with two attached hydrogens (primary N) is 1. The Kier molecular flexibility index (Phi) is 10.0. The van der Waals surface area contributed by atoms with Crippen LogP contribution in [-0.4, -0.2) is 58.2 Å². The molecule has 0 bridgehead atoms. The number of amides is 4. The summed E-state index contributed by atoms with van der Waals surface area (Å²) in [6, 6.07) is 13.8. The van der Waals surface area contributed by atoms with Gasteiger partial charge in [0, 0.05) is 6.54 Å². The third kappa shape index (κ3) is 7.86. The van der Waals surface area contributed by atoms with E-state index in [1.807, 2.05) is 30.3 Å². The lowest BCUT2D eigenvalue weighted by atomic mass is 9.91. The molecule has 4 rings (SSSR count). The molecular weight excluding hydrogens is 498 g/mol. The molecule has 1 aromatic heterocycles. The van der Waals surface area contributed by atoms with Gasteiger partial charge in [-0.3, -0.25) is 24.0 Å². The Morgan fingerprint density at radius 2 is 1.85 bits per heavy atom. The van der Waals surface area contributed by atoms with Crippen molar-refractivity contribution in [3.05, 3.63) is 65.5 Å². The number of nitrogens with zero attached hydrogens (tertiary/aromatic N) is 3. The standard InChI is InChI=1S/C29H37N5O5/c30-27(36)25-13-6-12-24(32-25)17-31-28(37)26-14-7-15-34(26)29(38)23(16-21-8-4-5-9-21)18-33(20-35)39-19-22-10-2-1-3-11-22/h1-3,6,10-13,20-21,23,26H,4-5,7-9,14-19H2,(H2,30,36)(H,31,37)/t23-,26+/m1/s1. The van der Waals surface area contributed by atoms with Crippen molar-refractivity contribution in [1.82, 2.24) is 20.3 Å². The van der Waals surface area contributed by atoms with Crippen molar-refractivity contribution >= 4 is 24.1 Å². The molecule has 1 aliphatic carbocycles. The largest absolute Gasteiger partial charge is 0.364 e. The van der Waals surface area contributed by atoms with E-state index in [1.54, 1.807) is 17.0 Å². The van der Waals surface area contributed by atoms with Crippen molar-refractivity contribution < 1.29 is 24.0 Å². The van der Waals surface area contributed by atoms with Crippen LogP contribution in [0.2, 0.25) is 0 Å². The maximum Gasteiger partial charge on any atom is 0.267 e. The normalized spacial score (nSPS) is 18.1. The molecule has 2 fully saturated rings. The predicted molar refractivity (Wildman–Crippen MR) is 143 cm³/mol. The van der Waals surface area contributed by atoms with E-state index < -0.39 is 17.9 Å². The number of benzene rings is 1. The average molecular weight is 536 g/mol. The molecule has 0 spiro atoms. The van der Waals surface area contributed by atoms with Gasteiger partial charge in [0.2, 0.25) is 18.2 Å². The maximum atomic E-state index is 13.9. The zero-order chi connectivity index (χ0) is 27.6. The molecule has 2 atom stereocenters. The summed E-state index contributed by atoms with van der Waals surface area (Å²) < 4.78 is 0. The quantitative estimate of drug-likeness (QED) is 0.299. The first-order valence-electron chi connectivity index (χ1n) is 13.7. The summed E-state index contributed by atoms with van der Waals surface area (Å²) >= 11 is 0. The molecule has 2 aromatic rings. The highest BCUT2D eigenvalue weighted by atomic mass is 16.7. The summed E-state index contributed by atoms with van der Waals surface area (Å²) in [6.45, 7) is 0.972. The number of pyridine rings is 1. The van der Waals surface area contributed by atoms with Crippen LogP contribution < -0.4 is 11.1 Å². The smallest absolute Gasteiger partial charge is 0.267 e. The average Bonchev–Trinajstić information content (AvgIpc) is 3.66. The molecule has 39 heavy (non-hydrogen) atoms. The summed E-state index contributed by atoms with van der Waals surface area (Å²) in [7, 11) is 0. The van der Waals surface area contributed by atoms with Crippen LogP contribution in [0.25, 0.3) is 0 Å². The molecule has 0 unspecified atom stereocenters. The topological polar surface area (TPSA) is 135 Å². The van der Waals surface area contributed by atoms with E-state index in [2.05, 4.69) is 10.3 Å². The van der Waals surface area contributed by atoms with Crippen LogP contribution in [0, 0.1) is 11.8 Å². The number of hydroxylamine groups is 2. The van der Waals surface area contributed by atoms with E-state index in [0.717, 1.165) is 37.7 Å². The van der Waals surface area contributed by atoms with Crippen molar-refractivity contribution in [2.75, 3.05) is 13.1 Å². The van der Waals surface area contributed by atoms with Gasteiger partial charge < -0.3 is 16.0 Å². The molecule has 1 aromatic carbocycles. The van der Waals surface area contributed by atoms with Gasteiger partial charge in [-0.25, -0.2) is 10.0 Å². The van der Waals surface area contributed by atoms with E-state index in [9.17, 15) is 19.2 Å². The van der Waals surface area contributed by atoms with E-state index in [0.29, 0.717) is 37.4 Å². The highest BCUT2D eigenvalue weighted by Crippen LogP contribution is 2.32. The summed E-state index contributed by atoms with van der Waals surface area (Å²) in [5, 5.41) is 4.07. The maximum absolute atomic E-state index is 13.9. The Labute approximate surface area is 228 Å². The first kappa shape index (κ1) is 28.2. The minimum Gasteiger partial charge on any atom is -0.364 e. The number of primary amides is 1. The van der Waals surface area contributed by atoms with Crippen LogP contribution in [0.1, 0.15) is 66.7 Å². The van der Waals surface area contributed by atoms with Crippen LogP contribution in [0.4, 0.5) is 0 Å². The molecule has 2 heterocycles. The Bertz CT molecular complexity index is 1140. The molecule has 2 aliphatic rings. The van der Waals surface area contributed by atoms with Crippen LogP contribution in [0.15, 0.2) is 48.5 Å². The summed E-state index contributed by atoms with van der Waals surface area (Å²) in [4.78, 5) is 61.9. The van der Waals surface area contributed by atoms with E-state index in [4.69, 9.17) is 10.6 Å². The Balaban J connectivity index is 1.40. The van der Waals surface area contributed by atoms with Gasteiger partial charge in [-0.15, -0.1) is 0 Å². The Morgan fingerprint density at radius 1 is 1.08 bits per heavy atom. The Morgan fingerprint density at radius 3 is 2.56 bits per heavy atom. The molecule has 208 valence electrons. The number of carbonyl (C=O) groups excluding carboxylic acids is 4. The molecule has 1 saturated carbocycles. The predicted octanol–water partition coefficient (Wildman–Crippen LogP) is 2.57. The second-order valence-electron chi connectivity index (χ2n) is 10.3. The third-order valence-corrected chi connectivity index (χ3v) is 7.54. The van der Waals surface area contributed by atoms with Crippen molar-refractivity contribution in [3.63, 3.8) is 0 Å². The lowest BCUT2D eigenvalue weighted by molar-refractivity contribution is -0.183. The second-order valence-corrected chi connectivity index (χ2v) is 10.3. The summed E-state index contributed by atoms with van der Waals surface area (Å²) in [6.07, 6.45) is 6.99. The van der Waals surface area contributed by atoms with E-state index in [-0.39, 0.29) is 37.2 Å². The molecule has 10 nitrogen and oxygen atoms in total. The zero-order valence-electron chi connectivity index (χ0n) is 22.2. The van der Waals surface area contributed by atoms with Crippen molar-refractivity contribution in [3.8, 4) is 0 Å². The molecule has 10 heteroatoms. The number of nitrogens with one attached hydrogen (secondary N) is 1. The highest BCUT2D eigenvalue weighted by molar-refractivity contribution is 5.91. The van der Waals surface area contributed by atoms with Gasteiger partial charge in [0.1, 0.15) is 18.3 Å². The van der Waals surface area contributed by atoms with Crippen molar-refractivity contribution in [2.45, 2.75) is 64.1 Å². The minimum absolute atomic E-state index is 0.121. The lowest BCUT2D eigenvalue weighted by Crippen LogP contribution is -2.49. The molecule has 0 radical (unpaired) electrons. The SMILES string of the molecule is NC(=O)c1cccc(CNC(=O)[C@@H]2CCCN2C(=O)[C@H](CC2CCCC2)CN(C=O)OCc2ccccc2)n1. The van der Waals surface area contributed by atoms with Gasteiger partial charge in [0.15, 0.2) is 0 Å². The minimum atomic E-state index is -0.638. The number of hydrogen-bond donors (Lipinski definition) is 2. The van der Waals surface area contributed by atoms with E-state index >= 15 is 0 Å². The second kappa shape index (κ2) is 13.8. The number of rotatable bonds is 13. The van der Waals surface area contributed by atoms with Gasteiger partial charge in [-0.05, 0) is 42.9 Å². The highest BCUT2D eigenvalue weighted by Gasteiger charge is 2.38. The molecule has 3 N–H and O–H groups in total. The Hall–Kier alpha value is -3.79. The zero-order valence-corrected chi connectivity index (χ0v) is 22.2. The first-order chi connectivity index (χ1) is 18.9. The van der Waals surface area contributed by atoms with Gasteiger partial charge in [0.25, 0.3) is 5.91 Å². The number of carbonyl (C=O) groups is 4. The number of likely N-dealkylation sites (tertiary alicyclic amines) is 1. The van der Waals surface area contributed by atoms with Gasteiger partial charge in [-0.2, -0.15) is 0 Å². The number of aromatic nitrogens is 1. The lowest BCUT2D eigenvalue weighted by Gasteiger charge is -2.31. The monoisotopic (exact) mass is 535 g/mol. The van der Waals surface area contributed by atoms with E-state index in [1.165, 1.54) is 11.1 Å². The van der Waals surface area contributed by atoms with Gasteiger partial charge in [-0.1, -0.05) is 62.1 Å². The van der Waals surface area contributed by atoms with Gasteiger partial charge in [0.05, 0.1) is 24.7 Å². The van der Waals surface area contributed by atoms with Crippen LogP contribution in [0.3, 0.4) is 0 Å². The van der Waals surface area contributed by atoms with Crippen molar-refractivity contribution in [2.24, 2.45) is 17.6 Å². The first-order valence-corrected chi connectivity index (χ1v) is 13.7. The van der Waals surface area contributed by atoms with Crippen molar-refractivity contribution in [1.29, 1.82) is 0 Å². The van der Waals surface area contributed by atoms with Crippen LogP contribution in [0.5, 0.6) is 0 Å². The fraction of sp³-hybridized carbons (Fsp3) is 0.483. The summed E-state index contributed by atoms with van der Waals surface area (Å²) in [5.41, 5.74) is 6.86. The number of hydrogen-bond acceptors (Lipinski definition) is 6. The third-order valence-electron chi connectivity index (χ3n) is 7.54.